The van der Waals surface area contributed by atoms with Gasteiger partial charge in [-0.05, 0) is 35.4 Å². The highest BCUT2D eigenvalue weighted by Crippen LogP contribution is 2.27. The number of methoxy groups -OCH3 is 2. The van der Waals surface area contributed by atoms with Crippen LogP contribution in [-0.2, 0) is 20.9 Å². The molecule has 0 unspecified atom stereocenters. The topological polar surface area (TPSA) is 129 Å². The Labute approximate surface area is 184 Å². The van der Waals surface area contributed by atoms with Crippen LogP contribution in [-0.4, -0.2) is 38.7 Å². The van der Waals surface area contributed by atoms with E-state index in [0.29, 0.717) is 22.1 Å². The summed E-state index contributed by atoms with van der Waals surface area (Å²) in [6.07, 6.45) is -0.201. The number of hydrogen-bond acceptors (Lipinski definition) is 6. The van der Waals surface area contributed by atoms with Crippen molar-refractivity contribution in [1.29, 1.82) is 0 Å². The zero-order valence-corrected chi connectivity index (χ0v) is 17.9. The Kier molecular flexibility index (Phi) is 8.95. The minimum Gasteiger partial charge on any atom is -0.493 e. The highest BCUT2D eigenvalue weighted by molar-refractivity contribution is 6.30. The number of primary amides is 1. The third-order valence-corrected chi connectivity index (χ3v) is 4.51. The Bertz CT molecular complexity index is 920. The number of carbonyl (C=O) groups excluding carboxylic acids is 3. The van der Waals surface area contributed by atoms with Gasteiger partial charge in [0.15, 0.2) is 18.1 Å². The van der Waals surface area contributed by atoms with E-state index in [1.54, 1.807) is 42.5 Å². The van der Waals surface area contributed by atoms with E-state index in [1.807, 2.05) is 0 Å². The number of amides is 3. The quantitative estimate of drug-likeness (QED) is 0.477. The van der Waals surface area contributed by atoms with Crippen molar-refractivity contribution in [3.05, 3.63) is 58.6 Å². The maximum Gasteiger partial charge on any atom is 0.312 e. The molecule has 4 N–H and O–H groups in total. The molecule has 0 saturated carbocycles. The van der Waals surface area contributed by atoms with E-state index in [-0.39, 0.29) is 13.0 Å². The van der Waals surface area contributed by atoms with Gasteiger partial charge in [-0.3, -0.25) is 9.59 Å². The van der Waals surface area contributed by atoms with Gasteiger partial charge in [0.1, 0.15) is 0 Å². The molecule has 0 spiro atoms. The minimum atomic E-state index is -0.791. The molecule has 0 aliphatic rings. The predicted molar refractivity (Wildman–Crippen MR) is 114 cm³/mol. The number of ether oxygens (including phenoxy) is 3. The highest BCUT2D eigenvalue weighted by atomic mass is 35.5. The first-order valence-corrected chi connectivity index (χ1v) is 9.64. The number of nitrogens with two attached hydrogens (primary N) is 1. The van der Waals surface area contributed by atoms with Crippen molar-refractivity contribution in [2.45, 2.75) is 19.0 Å². The van der Waals surface area contributed by atoms with Gasteiger partial charge >= 0.3 is 12.0 Å². The van der Waals surface area contributed by atoms with Crippen LogP contribution < -0.4 is 25.8 Å². The zero-order chi connectivity index (χ0) is 22.8. The molecule has 2 rings (SSSR count). The van der Waals surface area contributed by atoms with Gasteiger partial charge in [-0.2, -0.15) is 0 Å². The Hall–Kier alpha value is -3.46. The molecule has 0 saturated heterocycles. The summed E-state index contributed by atoms with van der Waals surface area (Å²) in [5.41, 5.74) is 6.59. The van der Waals surface area contributed by atoms with Crippen LogP contribution in [0.25, 0.3) is 0 Å². The third kappa shape index (κ3) is 7.71. The smallest absolute Gasteiger partial charge is 0.312 e. The monoisotopic (exact) mass is 449 g/mol. The van der Waals surface area contributed by atoms with Gasteiger partial charge in [-0.1, -0.05) is 29.8 Å². The lowest BCUT2D eigenvalue weighted by molar-refractivity contribution is -0.149. The Balaban J connectivity index is 1.85. The van der Waals surface area contributed by atoms with Crippen LogP contribution in [0, 0.1) is 0 Å². The minimum absolute atomic E-state index is 0.201. The number of esters is 1. The maximum atomic E-state index is 12.2. The van der Waals surface area contributed by atoms with E-state index >= 15 is 0 Å². The largest absolute Gasteiger partial charge is 0.493 e. The molecule has 3 amide bonds. The van der Waals surface area contributed by atoms with Crippen molar-refractivity contribution in [3.8, 4) is 11.5 Å². The van der Waals surface area contributed by atoms with Crippen LogP contribution >= 0.6 is 11.6 Å². The molecule has 10 heteroatoms. The molecule has 9 nitrogen and oxygen atoms in total. The first kappa shape index (κ1) is 23.8. The summed E-state index contributed by atoms with van der Waals surface area (Å²) in [6, 6.07) is 10.3. The lowest BCUT2D eigenvalue weighted by Gasteiger charge is -2.17. The Morgan fingerprint density at radius 3 is 2.32 bits per heavy atom. The number of halogens is 1. The number of nitrogens with one attached hydrogen (secondary N) is 2. The molecule has 2 aromatic carbocycles. The van der Waals surface area contributed by atoms with Crippen LogP contribution in [0.3, 0.4) is 0 Å². The van der Waals surface area contributed by atoms with Crippen LogP contribution in [0.2, 0.25) is 5.02 Å². The van der Waals surface area contributed by atoms with Crippen molar-refractivity contribution in [2.75, 3.05) is 20.8 Å². The van der Waals surface area contributed by atoms with Crippen molar-refractivity contribution < 1.29 is 28.6 Å². The average molecular weight is 450 g/mol. The maximum absolute atomic E-state index is 12.2. The van der Waals surface area contributed by atoms with E-state index in [9.17, 15) is 14.4 Å². The average Bonchev–Trinajstić information content (AvgIpc) is 2.75. The molecule has 0 aromatic heterocycles. The number of urea groups is 1. The molecular weight excluding hydrogens is 426 g/mol. The van der Waals surface area contributed by atoms with Crippen LogP contribution in [0.4, 0.5) is 4.79 Å². The second kappa shape index (κ2) is 11.7. The summed E-state index contributed by atoms with van der Waals surface area (Å²) in [5, 5.41) is 5.63. The third-order valence-electron chi connectivity index (χ3n) is 4.26. The van der Waals surface area contributed by atoms with Gasteiger partial charge in [0.25, 0.3) is 5.91 Å². The molecule has 1 atom stereocenters. The number of carbonyl (C=O) groups is 3. The van der Waals surface area contributed by atoms with E-state index < -0.39 is 30.6 Å². The van der Waals surface area contributed by atoms with Crippen molar-refractivity contribution >= 4 is 29.5 Å². The van der Waals surface area contributed by atoms with E-state index in [2.05, 4.69) is 10.6 Å². The van der Waals surface area contributed by atoms with E-state index in [1.165, 1.54) is 14.2 Å². The predicted octanol–water partition coefficient (Wildman–Crippen LogP) is 2.32. The first-order valence-electron chi connectivity index (χ1n) is 9.27. The lowest BCUT2D eigenvalue weighted by Crippen LogP contribution is -2.35. The standard InChI is InChI=1S/C21H24ClN3O6/c1-29-17-8-3-13(9-18(17)30-2)11-24-19(26)12-31-20(27)10-16(25-21(23)28)14-4-6-15(22)7-5-14/h3-9,16H,10-12H2,1-2H3,(H,24,26)(H3,23,25,28)/t16-/m1/s1. The second-order valence-corrected chi connectivity index (χ2v) is 6.88. The summed E-state index contributed by atoms with van der Waals surface area (Å²) in [4.78, 5) is 35.4. The molecule has 166 valence electrons. The van der Waals surface area contributed by atoms with Crippen LogP contribution in [0.1, 0.15) is 23.6 Å². The molecule has 2 aromatic rings. The van der Waals surface area contributed by atoms with Crippen LogP contribution in [0.15, 0.2) is 42.5 Å². The number of hydrogen-bond donors (Lipinski definition) is 3. The van der Waals surface area contributed by atoms with Gasteiger partial charge in [0.05, 0.1) is 26.7 Å². The molecule has 0 aliphatic carbocycles. The SMILES string of the molecule is COc1ccc(CNC(=O)COC(=O)C[C@@H](NC(N)=O)c2ccc(Cl)cc2)cc1OC. The van der Waals surface area contributed by atoms with Crippen LogP contribution in [0.5, 0.6) is 11.5 Å². The molecule has 0 aliphatic heterocycles. The Morgan fingerprint density at radius 1 is 1.03 bits per heavy atom. The number of rotatable bonds is 10. The fraction of sp³-hybridized carbons (Fsp3) is 0.286. The van der Waals surface area contributed by atoms with E-state index in [4.69, 9.17) is 31.5 Å². The van der Waals surface area contributed by atoms with Gasteiger partial charge in [0, 0.05) is 11.6 Å². The number of benzene rings is 2. The van der Waals surface area contributed by atoms with Gasteiger partial charge in [-0.25, -0.2) is 4.79 Å². The molecule has 0 fully saturated rings. The summed E-state index contributed by atoms with van der Waals surface area (Å²) >= 11 is 5.86. The summed E-state index contributed by atoms with van der Waals surface area (Å²) < 4.78 is 15.4. The summed E-state index contributed by atoms with van der Waals surface area (Å²) in [7, 11) is 3.05. The second-order valence-electron chi connectivity index (χ2n) is 6.44. The fourth-order valence-corrected chi connectivity index (χ4v) is 2.86. The van der Waals surface area contributed by atoms with Gasteiger partial charge in [0.2, 0.25) is 0 Å². The van der Waals surface area contributed by atoms with Crippen molar-refractivity contribution in [3.63, 3.8) is 0 Å². The molecule has 31 heavy (non-hydrogen) atoms. The van der Waals surface area contributed by atoms with Crippen molar-refractivity contribution in [1.82, 2.24) is 10.6 Å². The molecule has 0 bridgehead atoms. The summed E-state index contributed by atoms with van der Waals surface area (Å²) in [5.74, 6) is -0.0359. The first-order chi connectivity index (χ1) is 14.8. The molecule has 0 heterocycles. The highest BCUT2D eigenvalue weighted by Gasteiger charge is 2.19. The molecular formula is C21H24ClN3O6. The van der Waals surface area contributed by atoms with Gasteiger partial charge in [-0.15, -0.1) is 0 Å². The normalized spacial score (nSPS) is 11.2. The lowest BCUT2D eigenvalue weighted by atomic mass is 10.0. The zero-order valence-electron chi connectivity index (χ0n) is 17.1. The van der Waals surface area contributed by atoms with Crippen molar-refractivity contribution in [2.24, 2.45) is 5.73 Å². The van der Waals surface area contributed by atoms with Gasteiger partial charge < -0.3 is 30.6 Å². The Morgan fingerprint density at radius 2 is 1.71 bits per heavy atom. The fourth-order valence-electron chi connectivity index (χ4n) is 2.73. The molecule has 0 radical (unpaired) electrons. The summed E-state index contributed by atoms with van der Waals surface area (Å²) in [6.45, 7) is -0.247. The van der Waals surface area contributed by atoms with E-state index in [0.717, 1.165) is 5.56 Å².